The number of nitrogens with zero attached hydrogens (tertiary/aromatic N) is 1. The van der Waals surface area contributed by atoms with E-state index in [0.29, 0.717) is 0 Å². The maximum atomic E-state index is 2.39. The fourth-order valence-electron chi connectivity index (χ4n) is 4.54. The highest BCUT2D eigenvalue weighted by atomic mass is 15.1. The summed E-state index contributed by atoms with van der Waals surface area (Å²) in [7, 11) is 0. The second-order valence-electron chi connectivity index (χ2n) is 7.87. The molecule has 0 spiro atoms. The second-order valence-corrected chi connectivity index (χ2v) is 7.87. The first kappa shape index (κ1) is 17.7. The van der Waals surface area contributed by atoms with Gasteiger partial charge in [0.25, 0.3) is 0 Å². The van der Waals surface area contributed by atoms with Gasteiger partial charge in [-0.3, -0.25) is 0 Å². The molecule has 0 atom stereocenters. The minimum atomic E-state index is 1.15. The molecule has 6 aromatic rings. The van der Waals surface area contributed by atoms with Gasteiger partial charge in [-0.05, 0) is 64.0 Å². The Morgan fingerprint density at radius 3 is 1.48 bits per heavy atom. The number of rotatable bonds is 3. The number of para-hydroxylation sites is 2. The molecular weight excluding hydrogens is 374 g/mol. The molecule has 0 aliphatic rings. The number of anilines is 3. The van der Waals surface area contributed by atoms with Crippen LogP contribution in [-0.2, 0) is 0 Å². The van der Waals surface area contributed by atoms with Crippen molar-refractivity contribution < 1.29 is 0 Å². The summed E-state index contributed by atoms with van der Waals surface area (Å²) in [6, 6.07) is 45.6. The van der Waals surface area contributed by atoms with Gasteiger partial charge in [-0.15, -0.1) is 0 Å². The Morgan fingerprint density at radius 1 is 0.355 bits per heavy atom. The molecule has 1 heteroatoms. The molecule has 31 heavy (non-hydrogen) atoms. The van der Waals surface area contributed by atoms with E-state index in [1.807, 2.05) is 0 Å². The molecule has 6 rings (SSSR count). The van der Waals surface area contributed by atoms with Crippen LogP contribution in [0.1, 0.15) is 0 Å². The second kappa shape index (κ2) is 7.30. The van der Waals surface area contributed by atoms with E-state index >= 15 is 0 Å². The van der Waals surface area contributed by atoms with E-state index in [1.165, 1.54) is 38.0 Å². The minimum Gasteiger partial charge on any atom is -0.309 e. The molecule has 0 aliphatic heterocycles. The number of benzene rings is 6. The Labute approximate surface area is 181 Å². The summed E-state index contributed by atoms with van der Waals surface area (Å²) in [4.78, 5) is 2.39. The van der Waals surface area contributed by atoms with Crippen molar-refractivity contribution in [3.63, 3.8) is 0 Å². The first-order chi connectivity index (χ1) is 15.4. The zero-order chi connectivity index (χ0) is 20.6. The molecule has 146 valence electrons. The fourth-order valence-corrected chi connectivity index (χ4v) is 4.54. The van der Waals surface area contributed by atoms with Crippen LogP contribution in [0.2, 0.25) is 0 Å². The van der Waals surface area contributed by atoms with Crippen LogP contribution in [0.5, 0.6) is 0 Å². The van der Waals surface area contributed by atoms with Gasteiger partial charge < -0.3 is 4.90 Å². The summed E-state index contributed by atoms with van der Waals surface area (Å²) in [6.07, 6.45) is 0. The molecule has 0 fully saturated rings. The first-order valence-electron chi connectivity index (χ1n) is 10.6. The van der Waals surface area contributed by atoms with Crippen LogP contribution in [-0.4, -0.2) is 0 Å². The normalized spacial score (nSPS) is 11.2. The maximum absolute atomic E-state index is 2.39. The zero-order valence-corrected chi connectivity index (χ0v) is 17.1. The average molecular weight is 396 g/mol. The van der Waals surface area contributed by atoms with Crippen molar-refractivity contribution in [2.75, 3.05) is 4.90 Å². The van der Waals surface area contributed by atoms with Crippen molar-refractivity contribution in [1.82, 2.24) is 0 Å². The summed E-state index contributed by atoms with van der Waals surface area (Å²) < 4.78 is 0. The van der Waals surface area contributed by atoms with Gasteiger partial charge in [-0.25, -0.2) is 0 Å². The average Bonchev–Trinajstić information content (AvgIpc) is 2.84. The summed E-state index contributed by atoms with van der Waals surface area (Å²) in [5.74, 6) is 0. The highest BCUT2D eigenvalue weighted by Gasteiger charge is 2.18. The lowest BCUT2D eigenvalue weighted by Crippen LogP contribution is -2.11. The predicted octanol–water partition coefficient (Wildman–Crippen LogP) is 8.62. The van der Waals surface area contributed by atoms with E-state index < -0.39 is 0 Å². The third-order valence-corrected chi connectivity index (χ3v) is 5.95. The maximum Gasteiger partial charge on any atom is 0.0618 e. The summed E-state index contributed by atoms with van der Waals surface area (Å²) in [5.41, 5.74) is 3.52. The van der Waals surface area contributed by atoms with E-state index in [-0.39, 0.29) is 0 Å². The molecule has 1 nitrogen and oxygen atoms in total. The van der Waals surface area contributed by atoms with Crippen molar-refractivity contribution in [2.45, 2.75) is 0 Å². The molecule has 0 unspecified atom stereocenters. The largest absolute Gasteiger partial charge is 0.309 e. The highest BCUT2D eigenvalue weighted by molar-refractivity contribution is 6.16. The number of hydrogen-bond acceptors (Lipinski definition) is 1. The quantitative estimate of drug-likeness (QED) is 0.271. The van der Waals surface area contributed by atoms with Crippen LogP contribution >= 0.6 is 0 Å². The van der Waals surface area contributed by atoms with Crippen molar-refractivity contribution in [2.24, 2.45) is 0 Å². The smallest absolute Gasteiger partial charge is 0.0618 e. The molecule has 0 aliphatic carbocycles. The molecule has 0 bridgehead atoms. The molecular formula is C30H21N. The van der Waals surface area contributed by atoms with E-state index in [9.17, 15) is 0 Å². The van der Waals surface area contributed by atoms with Crippen molar-refractivity contribution >= 4 is 49.4 Å². The first-order valence-corrected chi connectivity index (χ1v) is 10.6. The standard InChI is InChI=1S/C30H21N/c1-3-14-26(15-4-1)31(27-16-5-2-6-17-27)30-28-18-10-9-13-24(28)20-25-19-22-11-7-8-12-23(22)21-29(25)30/h1-21H. The van der Waals surface area contributed by atoms with Crippen LogP contribution < -0.4 is 4.90 Å². The molecule has 0 saturated heterocycles. The highest BCUT2D eigenvalue weighted by Crippen LogP contribution is 2.44. The van der Waals surface area contributed by atoms with Crippen molar-refractivity contribution in [3.8, 4) is 0 Å². The summed E-state index contributed by atoms with van der Waals surface area (Å²) in [6.45, 7) is 0. The molecule has 0 amide bonds. The van der Waals surface area contributed by atoms with E-state index in [0.717, 1.165) is 11.4 Å². The van der Waals surface area contributed by atoms with E-state index in [1.54, 1.807) is 0 Å². The third kappa shape index (κ3) is 3.03. The third-order valence-electron chi connectivity index (χ3n) is 5.95. The van der Waals surface area contributed by atoms with Crippen molar-refractivity contribution in [3.05, 3.63) is 127 Å². The van der Waals surface area contributed by atoms with Gasteiger partial charge in [-0.2, -0.15) is 0 Å². The molecule has 6 aromatic carbocycles. The number of hydrogen-bond donors (Lipinski definition) is 0. The van der Waals surface area contributed by atoms with Gasteiger partial charge in [0.1, 0.15) is 0 Å². The van der Waals surface area contributed by atoms with Gasteiger partial charge in [0.15, 0.2) is 0 Å². The Morgan fingerprint density at radius 2 is 0.839 bits per heavy atom. The minimum absolute atomic E-state index is 1.15. The predicted molar refractivity (Wildman–Crippen MR) is 134 cm³/mol. The topological polar surface area (TPSA) is 3.24 Å². The molecule has 0 saturated carbocycles. The summed E-state index contributed by atoms with van der Waals surface area (Å²) in [5, 5.41) is 7.53. The SMILES string of the molecule is c1ccc(N(c2ccccc2)c2c3ccccc3cc3cc4ccccc4cc23)cc1. The Bertz CT molecular complexity index is 1470. The monoisotopic (exact) mass is 395 g/mol. The molecule has 0 N–H and O–H groups in total. The van der Waals surface area contributed by atoms with Crippen LogP contribution in [0.3, 0.4) is 0 Å². The van der Waals surface area contributed by atoms with Crippen molar-refractivity contribution in [1.29, 1.82) is 0 Å². The fraction of sp³-hybridized carbons (Fsp3) is 0. The lowest BCUT2D eigenvalue weighted by Gasteiger charge is -2.28. The van der Waals surface area contributed by atoms with Crippen LogP contribution in [0.4, 0.5) is 17.1 Å². The van der Waals surface area contributed by atoms with Gasteiger partial charge in [0.05, 0.1) is 5.69 Å². The van der Waals surface area contributed by atoms with E-state index in [2.05, 4.69) is 132 Å². The van der Waals surface area contributed by atoms with Crippen LogP contribution in [0.25, 0.3) is 32.3 Å². The van der Waals surface area contributed by atoms with E-state index in [4.69, 9.17) is 0 Å². The lowest BCUT2D eigenvalue weighted by molar-refractivity contribution is 1.31. The Hall–Kier alpha value is -4.10. The van der Waals surface area contributed by atoms with Crippen LogP contribution in [0.15, 0.2) is 127 Å². The van der Waals surface area contributed by atoms with Crippen LogP contribution in [0, 0.1) is 0 Å². The molecule has 0 aromatic heterocycles. The van der Waals surface area contributed by atoms with Gasteiger partial charge in [0.2, 0.25) is 0 Å². The van der Waals surface area contributed by atoms with Gasteiger partial charge >= 0.3 is 0 Å². The lowest BCUT2D eigenvalue weighted by atomic mass is 9.96. The Kier molecular flexibility index (Phi) is 4.18. The Balaban J connectivity index is 1.79. The summed E-state index contributed by atoms with van der Waals surface area (Å²) >= 11 is 0. The number of fused-ring (bicyclic) bond motifs is 3. The molecule has 0 heterocycles. The zero-order valence-electron chi connectivity index (χ0n) is 17.1. The van der Waals surface area contributed by atoms with Gasteiger partial charge in [0, 0.05) is 22.1 Å². The van der Waals surface area contributed by atoms with Gasteiger partial charge in [-0.1, -0.05) is 84.9 Å². The molecule has 0 radical (unpaired) electrons.